The summed E-state index contributed by atoms with van der Waals surface area (Å²) in [4.78, 5) is 18.8. The molecule has 0 aliphatic carbocycles. The van der Waals surface area contributed by atoms with Gasteiger partial charge in [-0.25, -0.2) is 0 Å². The Hall–Kier alpha value is -2.50. The summed E-state index contributed by atoms with van der Waals surface area (Å²) in [6.07, 6.45) is 8.71. The van der Waals surface area contributed by atoms with Gasteiger partial charge in [-0.05, 0) is 36.6 Å². The Balaban J connectivity index is 1.59. The minimum atomic E-state index is -0.0830. The van der Waals surface area contributed by atoms with Crippen LogP contribution in [0.25, 0.3) is 6.08 Å². The standard InChI is InChI=1S/C22H28N4O/c1-2-24-22(27)21-15-20(25-16-19-10-12-23-13-11-19)17-26(21)14-6-9-18-7-4-3-5-8-18/h3-13,20-21,25H,2,14-17H2,1H3,(H,24,27)/b9-6+/t20-,21+/m1/s1. The van der Waals surface area contributed by atoms with E-state index in [1.165, 1.54) is 11.1 Å². The Morgan fingerprint density at radius 2 is 2.00 bits per heavy atom. The van der Waals surface area contributed by atoms with Crippen LogP contribution in [0.4, 0.5) is 0 Å². The van der Waals surface area contributed by atoms with Gasteiger partial charge in [0.15, 0.2) is 0 Å². The molecule has 5 nitrogen and oxygen atoms in total. The van der Waals surface area contributed by atoms with Crippen molar-refractivity contribution in [2.24, 2.45) is 0 Å². The van der Waals surface area contributed by atoms with Crippen LogP contribution < -0.4 is 10.6 Å². The maximum Gasteiger partial charge on any atom is 0.237 e. The zero-order valence-corrected chi connectivity index (χ0v) is 15.8. The fourth-order valence-electron chi connectivity index (χ4n) is 3.47. The number of carbonyl (C=O) groups is 1. The van der Waals surface area contributed by atoms with E-state index in [1.54, 1.807) is 0 Å². The van der Waals surface area contributed by atoms with E-state index in [-0.39, 0.29) is 11.9 Å². The second-order valence-corrected chi connectivity index (χ2v) is 6.85. The third-order valence-electron chi connectivity index (χ3n) is 4.85. The van der Waals surface area contributed by atoms with E-state index in [1.807, 2.05) is 49.6 Å². The molecule has 0 spiro atoms. The minimum Gasteiger partial charge on any atom is -0.355 e. The van der Waals surface area contributed by atoms with Gasteiger partial charge in [0.1, 0.15) is 0 Å². The summed E-state index contributed by atoms with van der Waals surface area (Å²) < 4.78 is 0. The van der Waals surface area contributed by atoms with Crippen molar-refractivity contribution < 1.29 is 4.79 Å². The molecule has 1 aromatic carbocycles. The summed E-state index contributed by atoms with van der Waals surface area (Å²) in [6.45, 7) is 5.06. The molecular weight excluding hydrogens is 336 g/mol. The molecule has 2 aromatic rings. The van der Waals surface area contributed by atoms with Gasteiger partial charge in [0, 0.05) is 44.6 Å². The average Bonchev–Trinajstić information content (AvgIpc) is 3.11. The number of likely N-dealkylation sites (N-methyl/N-ethyl adjacent to an activating group) is 1. The quantitative estimate of drug-likeness (QED) is 0.756. The first-order valence-corrected chi connectivity index (χ1v) is 9.62. The Morgan fingerprint density at radius 3 is 2.74 bits per heavy atom. The van der Waals surface area contributed by atoms with Crippen LogP contribution in [0, 0.1) is 0 Å². The molecule has 27 heavy (non-hydrogen) atoms. The van der Waals surface area contributed by atoms with E-state index in [0.29, 0.717) is 12.6 Å². The monoisotopic (exact) mass is 364 g/mol. The molecule has 1 fully saturated rings. The van der Waals surface area contributed by atoms with Crippen molar-refractivity contribution in [1.29, 1.82) is 0 Å². The van der Waals surface area contributed by atoms with E-state index in [0.717, 1.165) is 26.1 Å². The van der Waals surface area contributed by atoms with Gasteiger partial charge in [0.2, 0.25) is 5.91 Å². The van der Waals surface area contributed by atoms with E-state index >= 15 is 0 Å². The summed E-state index contributed by atoms with van der Waals surface area (Å²) in [6, 6.07) is 14.5. The second-order valence-electron chi connectivity index (χ2n) is 6.85. The van der Waals surface area contributed by atoms with Crippen molar-refractivity contribution in [1.82, 2.24) is 20.5 Å². The number of nitrogens with one attached hydrogen (secondary N) is 2. The molecule has 1 aliphatic heterocycles. The molecule has 1 saturated heterocycles. The summed E-state index contributed by atoms with van der Waals surface area (Å²) in [5, 5.41) is 6.57. The van der Waals surface area contributed by atoms with Gasteiger partial charge in [0.25, 0.3) is 0 Å². The molecule has 2 heterocycles. The number of rotatable bonds is 8. The van der Waals surface area contributed by atoms with Crippen molar-refractivity contribution in [2.45, 2.75) is 32.0 Å². The number of pyridine rings is 1. The van der Waals surface area contributed by atoms with Crippen molar-refractivity contribution in [2.75, 3.05) is 19.6 Å². The van der Waals surface area contributed by atoms with Gasteiger partial charge < -0.3 is 10.6 Å². The van der Waals surface area contributed by atoms with E-state index in [9.17, 15) is 4.79 Å². The third-order valence-corrected chi connectivity index (χ3v) is 4.85. The van der Waals surface area contributed by atoms with Gasteiger partial charge >= 0.3 is 0 Å². The van der Waals surface area contributed by atoms with Crippen LogP contribution in [0.2, 0.25) is 0 Å². The van der Waals surface area contributed by atoms with Crippen molar-refractivity contribution in [3.05, 3.63) is 72.1 Å². The van der Waals surface area contributed by atoms with Crippen LogP contribution in [0.15, 0.2) is 60.9 Å². The van der Waals surface area contributed by atoms with Crippen LogP contribution in [0.3, 0.4) is 0 Å². The fraction of sp³-hybridized carbons (Fsp3) is 0.364. The smallest absolute Gasteiger partial charge is 0.237 e. The molecule has 1 amide bonds. The molecule has 0 radical (unpaired) electrons. The predicted molar refractivity (Wildman–Crippen MR) is 109 cm³/mol. The molecule has 0 saturated carbocycles. The Morgan fingerprint density at radius 1 is 1.22 bits per heavy atom. The Bertz CT molecular complexity index is 732. The van der Waals surface area contributed by atoms with E-state index in [4.69, 9.17) is 0 Å². The maximum atomic E-state index is 12.5. The molecular formula is C22H28N4O. The molecule has 2 N–H and O–H groups in total. The minimum absolute atomic E-state index is 0.0830. The van der Waals surface area contributed by atoms with Gasteiger partial charge in [-0.2, -0.15) is 0 Å². The summed E-state index contributed by atoms with van der Waals surface area (Å²) in [7, 11) is 0. The molecule has 1 aliphatic rings. The Kier molecular flexibility index (Phi) is 7.13. The number of likely N-dealkylation sites (tertiary alicyclic amines) is 1. The van der Waals surface area contributed by atoms with Crippen LogP contribution in [-0.4, -0.2) is 47.5 Å². The topological polar surface area (TPSA) is 57.3 Å². The van der Waals surface area contributed by atoms with Gasteiger partial charge in [0.05, 0.1) is 6.04 Å². The van der Waals surface area contributed by atoms with Crippen LogP contribution in [0.1, 0.15) is 24.5 Å². The second kappa shape index (κ2) is 10.00. The number of aromatic nitrogens is 1. The number of nitrogens with zero attached hydrogens (tertiary/aromatic N) is 2. The maximum absolute atomic E-state index is 12.5. The van der Waals surface area contributed by atoms with E-state index in [2.05, 4.69) is 44.8 Å². The number of hydrogen-bond donors (Lipinski definition) is 2. The van der Waals surface area contributed by atoms with Crippen LogP contribution in [-0.2, 0) is 11.3 Å². The lowest BCUT2D eigenvalue weighted by Crippen LogP contribution is -2.43. The van der Waals surface area contributed by atoms with Crippen molar-refractivity contribution in [3.8, 4) is 0 Å². The molecule has 1 aromatic heterocycles. The van der Waals surface area contributed by atoms with Crippen molar-refractivity contribution in [3.63, 3.8) is 0 Å². The number of carbonyl (C=O) groups excluding carboxylic acids is 1. The predicted octanol–water partition coefficient (Wildman–Crippen LogP) is 2.46. The first-order chi connectivity index (χ1) is 13.3. The number of amides is 1. The summed E-state index contributed by atoms with van der Waals surface area (Å²) in [5.41, 5.74) is 2.39. The zero-order valence-electron chi connectivity index (χ0n) is 15.8. The van der Waals surface area contributed by atoms with Crippen LogP contribution >= 0.6 is 0 Å². The summed E-state index contributed by atoms with van der Waals surface area (Å²) in [5.74, 6) is 0.124. The molecule has 5 heteroatoms. The molecule has 142 valence electrons. The molecule has 0 unspecified atom stereocenters. The average molecular weight is 364 g/mol. The number of benzene rings is 1. The normalized spacial score (nSPS) is 20.2. The van der Waals surface area contributed by atoms with Crippen LogP contribution in [0.5, 0.6) is 0 Å². The SMILES string of the molecule is CCNC(=O)[C@@H]1C[C@@H](NCc2ccncc2)CN1C/C=C/c1ccccc1. The summed E-state index contributed by atoms with van der Waals surface area (Å²) >= 11 is 0. The zero-order chi connectivity index (χ0) is 18.9. The molecule has 0 bridgehead atoms. The highest BCUT2D eigenvalue weighted by atomic mass is 16.2. The van der Waals surface area contributed by atoms with E-state index < -0.39 is 0 Å². The highest BCUT2D eigenvalue weighted by Gasteiger charge is 2.35. The Labute approximate surface area is 161 Å². The highest BCUT2D eigenvalue weighted by molar-refractivity contribution is 5.82. The lowest BCUT2D eigenvalue weighted by atomic mass is 10.1. The van der Waals surface area contributed by atoms with Gasteiger partial charge in [-0.3, -0.25) is 14.7 Å². The highest BCUT2D eigenvalue weighted by Crippen LogP contribution is 2.19. The lowest BCUT2D eigenvalue weighted by molar-refractivity contribution is -0.125. The number of hydrogen-bond acceptors (Lipinski definition) is 4. The van der Waals surface area contributed by atoms with Gasteiger partial charge in [-0.15, -0.1) is 0 Å². The van der Waals surface area contributed by atoms with Crippen molar-refractivity contribution >= 4 is 12.0 Å². The fourth-order valence-corrected chi connectivity index (χ4v) is 3.47. The first kappa shape index (κ1) is 19.3. The lowest BCUT2D eigenvalue weighted by Gasteiger charge is -2.21. The first-order valence-electron chi connectivity index (χ1n) is 9.62. The third kappa shape index (κ3) is 5.74. The van der Waals surface area contributed by atoms with Gasteiger partial charge in [-0.1, -0.05) is 42.5 Å². The molecule has 2 atom stereocenters. The largest absolute Gasteiger partial charge is 0.355 e. The molecule has 3 rings (SSSR count).